The molecule has 8 nitrogen and oxygen atoms in total. The molecule has 0 radical (unpaired) electrons. The Kier molecular flexibility index (Phi) is 5.50. The molecule has 1 aromatic heterocycles. The molecule has 0 aliphatic carbocycles. The summed E-state index contributed by atoms with van der Waals surface area (Å²) in [6, 6.07) is 4.61. The zero-order chi connectivity index (χ0) is 17.9. The number of nitrogens with zero attached hydrogens (tertiary/aromatic N) is 3. The number of ether oxygens (including phenoxy) is 2. The van der Waals surface area contributed by atoms with E-state index in [1.54, 1.807) is 6.07 Å². The fourth-order valence-electron chi connectivity index (χ4n) is 2.54. The van der Waals surface area contributed by atoms with Gasteiger partial charge in [0.25, 0.3) is 0 Å². The van der Waals surface area contributed by atoms with Crippen LogP contribution in [0.3, 0.4) is 0 Å². The van der Waals surface area contributed by atoms with Gasteiger partial charge in [0.05, 0.1) is 4.90 Å². The maximum Gasteiger partial charge on any atom is 0.240 e. The van der Waals surface area contributed by atoms with E-state index < -0.39 is 10.0 Å². The van der Waals surface area contributed by atoms with Gasteiger partial charge in [0.2, 0.25) is 10.0 Å². The maximum absolute atomic E-state index is 12.5. The Bertz CT molecular complexity index is 851. The topological polar surface area (TPSA) is 95.3 Å². The molecule has 25 heavy (non-hydrogen) atoms. The van der Waals surface area contributed by atoms with E-state index in [4.69, 9.17) is 9.47 Å². The molecule has 136 valence electrons. The minimum Gasteiger partial charge on any atom is -0.486 e. The summed E-state index contributed by atoms with van der Waals surface area (Å²) in [7, 11) is -3.63. The molecule has 1 aliphatic rings. The van der Waals surface area contributed by atoms with Crippen molar-refractivity contribution in [3.05, 3.63) is 24.0 Å². The monoisotopic (exact) mass is 384 g/mol. The van der Waals surface area contributed by atoms with Crippen molar-refractivity contribution in [1.29, 1.82) is 0 Å². The minimum atomic E-state index is -3.63. The van der Waals surface area contributed by atoms with E-state index in [9.17, 15) is 8.42 Å². The van der Waals surface area contributed by atoms with Crippen LogP contribution in [-0.2, 0) is 23.0 Å². The summed E-state index contributed by atoms with van der Waals surface area (Å²) >= 11 is 1.51. The lowest BCUT2D eigenvalue weighted by molar-refractivity contribution is 0.171. The van der Waals surface area contributed by atoms with E-state index in [0.717, 1.165) is 17.5 Å². The van der Waals surface area contributed by atoms with Crippen molar-refractivity contribution in [2.24, 2.45) is 0 Å². The molecule has 0 saturated heterocycles. The van der Waals surface area contributed by atoms with Crippen LogP contribution < -0.4 is 14.2 Å². The first-order valence-corrected chi connectivity index (χ1v) is 10.6. The van der Waals surface area contributed by atoms with Gasteiger partial charge in [-0.15, -0.1) is 10.2 Å². The molecule has 0 fully saturated rings. The van der Waals surface area contributed by atoms with Gasteiger partial charge in [0.15, 0.2) is 16.7 Å². The lowest BCUT2D eigenvalue weighted by Crippen LogP contribution is -2.27. The summed E-state index contributed by atoms with van der Waals surface area (Å²) < 4.78 is 40.4. The summed E-state index contributed by atoms with van der Waals surface area (Å²) in [5, 5.41) is 9.05. The maximum atomic E-state index is 12.5. The highest BCUT2D eigenvalue weighted by atomic mass is 32.2. The third kappa shape index (κ3) is 3.91. The van der Waals surface area contributed by atoms with Crippen LogP contribution in [0, 0.1) is 0 Å². The van der Waals surface area contributed by atoms with Crippen LogP contribution in [0.1, 0.15) is 12.7 Å². The molecule has 0 spiro atoms. The molecule has 1 N–H and O–H groups in total. The predicted molar refractivity (Wildman–Crippen MR) is 93.8 cm³/mol. The Labute approximate surface area is 151 Å². The van der Waals surface area contributed by atoms with E-state index in [1.165, 1.54) is 23.9 Å². The van der Waals surface area contributed by atoms with Gasteiger partial charge in [0, 0.05) is 25.6 Å². The van der Waals surface area contributed by atoms with Crippen LogP contribution in [0.25, 0.3) is 0 Å². The molecule has 0 unspecified atom stereocenters. The van der Waals surface area contributed by atoms with Gasteiger partial charge in [-0.05, 0) is 25.3 Å². The Morgan fingerprint density at radius 3 is 2.72 bits per heavy atom. The lowest BCUT2D eigenvalue weighted by Gasteiger charge is -2.18. The van der Waals surface area contributed by atoms with E-state index in [2.05, 4.69) is 14.9 Å². The van der Waals surface area contributed by atoms with Crippen LogP contribution in [0.5, 0.6) is 11.5 Å². The number of sulfonamides is 1. The highest BCUT2D eigenvalue weighted by molar-refractivity contribution is 7.98. The molecule has 1 aromatic carbocycles. The normalized spacial score (nSPS) is 13.8. The Morgan fingerprint density at radius 2 is 2.00 bits per heavy atom. The fraction of sp³-hybridized carbons (Fsp3) is 0.467. The molecule has 0 amide bonds. The van der Waals surface area contributed by atoms with Gasteiger partial charge >= 0.3 is 0 Å². The summed E-state index contributed by atoms with van der Waals surface area (Å²) in [5.41, 5.74) is 0. The van der Waals surface area contributed by atoms with Gasteiger partial charge in [0.1, 0.15) is 19.0 Å². The van der Waals surface area contributed by atoms with Crippen molar-refractivity contribution >= 4 is 21.8 Å². The summed E-state index contributed by atoms with van der Waals surface area (Å²) in [6.45, 7) is 3.87. The number of hydrogen-bond acceptors (Lipinski definition) is 7. The largest absolute Gasteiger partial charge is 0.486 e. The van der Waals surface area contributed by atoms with E-state index >= 15 is 0 Å². The van der Waals surface area contributed by atoms with Crippen molar-refractivity contribution in [2.45, 2.75) is 29.9 Å². The smallest absolute Gasteiger partial charge is 0.240 e. The van der Waals surface area contributed by atoms with Gasteiger partial charge in [-0.2, -0.15) is 0 Å². The first-order chi connectivity index (χ1) is 12.0. The zero-order valence-corrected chi connectivity index (χ0v) is 15.7. The number of fused-ring (bicyclic) bond motifs is 1. The second-order valence-electron chi connectivity index (χ2n) is 5.30. The van der Waals surface area contributed by atoms with Crippen molar-refractivity contribution in [1.82, 2.24) is 19.5 Å². The van der Waals surface area contributed by atoms with E-state index in [1.807, 2.05) is 17.7 Å². The average Bonchev–Trinajstić information content (AvgIpc) is 3.03. The highest BCUT2D eigenvalue weighted by Crippen LogP contribution is 2.32. The van der Waals surface area contributed by atoms with Crippen LogP contribution in [0.15, 0.2) is 28.3 Å². The highest BCUT2D eigenvalue weighted by Gasteiger charge is 2.19. The summed E-state index contributed by atoms with van der Waals surface area (Å²) in [6.07, 6.45) is 2.40. The first-order valence-electron chi connectivity index (χ1n) is 7.90. The minimum absolute atomic E-state index is 0.151. The van der Waals surface area contributed by atoms with Gasteiger partial charge < -0.3 is 14.0 Å². The van der Waals surface area contributed by atoms with E-state index in [0.29, 0.717) is 31.1 Å². The third-order valence-corrected chi connectivity index (χ3v) is 5.88. The molecule has 10 heteroatoms. The van der Waals surface area contributed by atoms with Crippen LogP contribution in [-0.4, -0.2) is 49.2 Å². The molecule has 2 aromatic rings. The molecule has 2 heterocycles. The molecular weight excluding hydrogens is 364 g/mol. The summed E-state index contributed by atoms with van der Waals surface area (Å²) in [5.74, 6) is 1.77. The molecule has 3 rings (SSSR count). The molecule has 1 aliphatic heterocycles. The average molecular weight is 384 g/mol. The quantitative estimate of drug-likeness (QED) is 0.719. The van der Waals surface area contributed by atoms with Gasteiger partial charge in [-0.3, -0.25) is 0 Å². The van der Waals surface area contributed by atoms with Crippen molar-refractivity contribution in [3.8, 4) is 11.5 Å². The second-order valence-corrected chi connectivity index (χ2v) is 7.84. The number of thioether (sulfide) groups is 1. The molecular formula is C15H20N4O4S2. The zero-order valence-electron chi connectivity index (χ0n) is 14.1. The number of hydrogen-bond donors (Lipinski definition) is 1. The number of nitrogens with one attached hydrogen (secondary N) is 1. The number of benzene rings is 1. The van der Waals surface area contributed by atoms with Crippen LogP contribution in [0.4, 0.5) is 0 Å². The van der Waals surface area contributed by atoms with Crippen LogP contribution >= 0.6 is 11.8 Å². The Morgan fingerprint density at radius 1 is 1.24 bits per heavy atom. The van der Waals surface area contributed by atoms with Gasteiger partial charge in [-0.1, -0.05) is 11.8 Å². The number of aromatic nitrogens is 3. The molecule has 0 atom stereocenters. The standard InChI is InChI=1S/C15H20N4O4S2/c1-3-19-14(17-18-15(19)24-2)6-7-16-25(20,21)11-4-5-12-13(10-11)23-9-8-22-12/h4-5,10,16H,3,6-9H2,1-2H3. The Hall–Kier alpha value is -1.78. The fourth-order valence-corrected chi connectivity index (χ4v) is 4.17. The third-order valence-electron chi connectivity index (χ3n) is 3.76. The number of rotatable bonds is 7. The van der Waals surface area contributed by atoms with Gasteiger partial charge in [-0.25, -0.2) is 13.1 Å². The predicted octanol–water partition coefficient (Wildman–Crippen LogP) is 1.31. The lowest BCUT2D eigenvalue weighted by atomic mass is 10.3. The molecule has 0 saturated carbocycles. The summed E-state index contributed by atoms with van der Waals surface area (Å²) in [4.78, 5) is 0.151. The van der Waals surface area contributed by atoms with Crippen molar-refractivity contribution in [2.75, 3.05) is 26.0 Å². The van der Waals surface area contributed by atoms with Crippen molar-refractivity contribution in [3.63, 3.8) is 0 Å². The van der Waals surface area contributed by atoms with Crippen LogP contribution in [0.2, 0.25) is 0 Å². The van der Waals surface area contributed by atoms with E-state index in [-0.39, 0.29) is 11.4 Å². The molecule has 0 bridgehead atoms. The Balaban J connectivity index is 1.67. The first kappa shape index (κ1) is 18.0. The van der Waals surface area contributed by atoms with Crippen molar-refractivity contribution < 1.29 is 17.9 Å². The second kappa shape index (κ2) is 7.63. The SMILES string of the molecule is CCn1c(CCNS(=O)(=O)c2ccc3c(c2)OCCO3)nnc1SC.